The molecule has 16 heavy (non-hydrogen) atoms. The zero-order chi connectivity index (χ0) is 11.4. The predicted octanol–water partition coefficient (Wildman–Crippen LogP) is 2.08. The van der Waals surface area contributed by atoms with Gasteiger partial charge < -0.3 is 5.32 Å². The Morgan fingerprint density at radius 2 is 2.19 bits per heavy atom. The number of aromatic nitrogens is 2. The van der Waals surface area contributed by atoms with Gasteiger partial charge in [-0.2, -0.15) is 5.10 Å². The van der Waals surface area contributed by atoms with Crippen LogP contribution >= 0.6 is 0 Å². The van der Waals surface area contributed by atoms with Crippen LogP contribution in [-0.2, 0) is 13.0 Å². The van der Waals surface area contributed by atoms with Crippen LogP contribution in [0.4, 0.5) is 0 Å². The van der Waals surface area contributed by atoms with Crippen LogP contribution in [0.1, 0.15) is 32.4 Å². The molecule has 0 saturated carbocycles. The second-order valence-corrected chi connectivity index (χ2v) is 5.32. The Hall–Kier alpha value is -0.830. The van der Waals surface area contributed by atoms with Crippen molar-refractivity contribution in [2.24, 2.45) is 11.8 Å². The molecule has 0 bridgehead atoms. The van der Waals surface area contributed by atoms with E-state index in [1.807, 2.05) is 0 Å². The van der Waals surface area contributed by atoms with Gasteiger partial charge in [-0.25, -0.2) is 0 Å². The molecule has 0 aromatic carbocycles. The average molecular weight is 221 g/mol. The van der Waals surface area contributed by atoms with Gasteiger partial charge in [0.2, 0.25) is 0 Å². The molecule has 0 spiro atoms. The highest BCUT2D eigenvalue weighted by Gasteiger charge is 2.14. The van der Waals surface area contributed by atoms with E-state index < -0.39 is 0 Å². The van der Waals surface area contributed by atoms with Gasteiger partial charge in [-0.1, -0.05) is 13.8 Å². The third-order valence-electron chi connectivity index (χ3n) is 3.20. The van der Waals surface area contributed by atoms with Crippen molar-refractivity contribution in [3.63, 3.8) is 0 Å². The first-order valence-electron chi connectivity index (χ1n) is 6.47. The lowest BCUT2D eigenvalue weighted by atomic mass is 9.93. The van der Waals surface area contributed by atoms with Crippen molar-refractivity contribution in [3.05, 3.63) is 18.0 Å². The third kappa shape index (κ3) is 3.34. The molecule has 0 aliphatic carbocycles. The van der Waals surface area contributed by atoms with Crippen molar-refractivity contribution < 1.29 is 0 Å². The van der Waals surface area contributed by atoms with Crippen molar-refractivity contribution in [2.45, 2.75) is 39.7 Å². The maximum Gasteiger partial charge on any atom is 0.0627 e. The van der Waals surface area contributed by atoms with Gasteiger partial charge in [-0.05, 0) is 50.3 Å². The normalized spacial score (nSPS) is 18.2. The molecule has 1 aromatic heterocycles. The van der Waals surface area contributed by atoms with Crippen LogP contribution in [0.5, 0.6) is 0 Å². The molecule has 0 atom stereocenters. The Labute approximate surface area is 98.2 Å². The number of hydrogen-bond donors (Lipinski definition) is 1. The van der Waals surface area contributed by atoms with E-state index >= 15 is 0 Å². The quantitative estimate of drug-likeness (QED) is 0.843. The number of piperidine rings is 1. The fraction of sp³-hybridized carbons (Fsp3) is 0.769. The molecule has 1 N–H and O–H groups in total. The second kappa shape index (κ2) is 5.48. The molecule has 0 amide bonds. The number of hydrogen-bond acceptors (Lipinski definition) is 2. The van der Waals surface area contributed by atoms with E-state index in [2.05, 4.69) is 41.2 Å². The molecule has 1 saturated heterocycles. The first kappa shape index (κ1) is 11.6. The summed E-state index contributed by atoms with van der Waals surface area (Å²) in [6.45, 7) is 7.85. The summed E-state index contributed by atoms with van der Waals surface area (Å²) in [5.41, 5.74) is 1.27. The van der Waals surface area contributed by atoms with Crippen molar-refractivity contribution >= 4 is 0 Å². The van der Waals surface area contributed by atoms with E-state index in [4.69, 9.17) is 0 Å². The Balaban J connectivity index is 1.86. The third-order valence-corrected chi connectivity index (χ3v) is 3.20. The summed E-state index contributed by atoms with van der Waals surface area (Å²) in [5, 5.41) is 8.05. The lowest BCUT2D eigenvalue weighted by Crippen LogP contribution is -2.28. The van der Waals surface area contributed by atoms with E-state index in [1.54, 1.807) is 0 Å². The topological polar surface area (TPSA) is 29.9 Å². The number of rotatable bonds is 4. The maximum atomic E-state index is 4.64. The largest absolute Gasteiger partial charge is 0.317 e. The first-order chi connectivity index (χ1) is 7.74. The zero-order valence-electron chi connectivity index (χ0n) is 10.4. The Morgan fingerprint density at radius 3 is 2.88 bits per heavy atom. The Kier molecular flexibility index (Phi) is 3.99. The van der Waals surface area contributed by atoms with E-state index in [0.29, 0.717) is 5.92 Å². The Bertz CT molecular complexity index is 311. The second-order valence-electron chi connectivity index (χ2n) is 5.32. The molecule has 90 valence electrons. The summed E-state index contributed by atoms with van der Waals surface area (Å²) in [6.07, 6.45) is 5.89. The van der Waals surface area contributed by atoms with E-state index in [-0.39, 0.29) is 0 Å². The minimum absolute atomic E-state index is 0.673. The minimum atomic E-state index is 0.673. The van der Waals surface area contributed by atoms with E-state index in [9.17, 15) is 0 Å². The molecule has 1 fully saturated rings. The summed E-state index contributed by atoms with van der Waals surface area (Å²) in [4.78, 5) is 0. The molecule has 1 aliphatic heterocycles. The van der Waals surface area contributed by atoms with Crippen LogP contribution < -0.4 is 5.32 Å². The molecule has 0 radical (unpaired) electrons. The van der Waals surface area contributed by atoms with E-state index in [0.717, 1.165) is 18.9 Å². The van der Waals surface area contributed by atoms with Gasteiger partial charge in [0, 0.05) is 12.7 Å². The zero-order valence-corrected chi connectivity index (χ0v) is 10.4. The van der Waals surface area contributed by atoms with Crippen molar-refractivity contribution in [1.82, 2.24) is 15.1 Å². The van der Waals surface area contributed by atoms with Crippen LogP contribution in [0.3, 0.4) is 0 Å². The highest BCUT2D eigenvalue weighted by atomic mass is 15.3. The highest BCUT2D eigenvalue weighted by Crippen LogP contribution is 2.16. The van der Waals surface area contributed by atoms with Crippen LogP contribution in [0, 0.1) is 11.8 Å². The number of nitrogens with one attached hydrogen (secondary N) is 1. The summed E-state index contributed by atoms with van der Waals surface area (Å²) < 4.78 is 2.08. The molecule has 0 unspecified atom stereocenters. The van der Waals surface area contributed by atoms with E-state index in [1.165, 1.54) is 31.6 Å². The summed E-state index contributed by atoms with van der Waals surface area (Å²) >= 11 is 0. The SMILES string of the molecule is CC(C)Cn1ccc(CC2CCNCC2)n1. The molecular weight excluding hydrogens is 198 g/mol. The van der Waals surface area contributed by atoms with Crippen LogP contribution in [-0.4, -0.2) is 22.9 Å². The van der Waals surface area contributed by atoms with Gasteiger partial charge in [0.05, 0.1) is 5.69 Å². The van der Waals surface area contributed by atoms with Crippen LogP contribution in [0.25, 0.3) is 0 Å². The van der Waals surface area contributed by atoms with Crippen molar-refractivity contribution in [1.29, 1.82) is 0 Å². The van der Waals surface area contributed by atoms with Gasteiger partial charge >= 0.3 is 0 Å². The predicted molar refractivity (Wildman–Crippen MR) is 66.4 cm³/mol. The Morgan fingerprint density at radius 1 is 1.44 bits per heavy atom. The maximum absolute atomic E-state index is 4.64. The molecule has 3 heteroatoms. The summed E-state index contributed by atoms with van der Waals surface area (Å²) in [6, 6.07) is 2.18. The monoisotopic (exact) mass is 221 g/mol. The molecular formula is C13H23N3. The van der Waals surface area contributed by atoms with Crippen LogP contribution in [0.2, 0.25) is 0 Å². The van der Waals surface area contributed by atoms with Crippen molar-refractivity contribution in [2.75, 3.05) is 13.1 Å². The lowest BCUT2D eigenvalue weighted by Gasteiger charge is -2.21. The van der Waals surface area contributed by atoms with Gasteiger partial charge in [-0.3, -0.25) is 4.68 Å². The minimum Gasteiger partial charge on any atom is -0.317 e. The summed E-state index contributed by atoms with van der Waals surface area (Å²) in [7, 11) is 0. The molecule has 1 aromatic rings. The molecule has 2 rings (SSSR count). The first-order valence-corrected chi connectivity index (χ1v) is 6.47. The van der Waals surface area contributed by atoms with Gasteiger partial charge in [0.15, 0.2) is 0 Å². The fourth-order valence-corrected chi connectivity index (χ4v) is 2.37. The molecule has 1 aliphatic rings. The standard InChI is InChI=1S/C13H23N3/c1-11(2)10-16-8-5-13(15-16)9-12-3-6-14-7-4-12/h5,8,11-12,14H,3-4,6-7,9-10H2,1-2H3. The van der Waals surface area contributed by atoms with Crippen LogP contribution in [0.15, 0.2) is 12.3 Å². The smallest absolute Gasteiger partial charge is 0.0627 e. The lowest BCUT2D eigenvalue weighted by molar-refractivity contribution is 0.368. The molecule has 2 heterocycles. The molecule has 3 nitrogen and oxygen atoms in total. The van der Waals surface area contributed by atoms with Gasteiger partial charge in [0.1, 0.15) is 0 Å². The fourth-order valence-electron chi connectivity index (χ4n) is 2.37. The summed E-state index contributed by atoms with van der Waals surface area (Å²) in [5.74, 6) is 1.51. The number of nitrogens with zero attached hydrogens (tertiary/aromatic N) is 2. The van der Waals surface area contributed by atoms with Gasteiger partial charge in [-0.15, -0.1) is 0 Å². The van der Waals surface area contributed by atoms with Crippen molar-refractivity contribution in [3.8, 4) is 0 Å². The average Bonchev–Trinajstić information content (AvgIpc) is 2.66. The van der Waals surface area contributed by atoms with Gasteiger partial charge in [0.25, 0.3) is 0 Å². The highest BCUT2D eigenvalue weighted by molar-refractivity contribution is 5.00.